The smallest absolute Gasteiger partial charge is 0.310 e. The third-order valence-electron chi connectivity index (χ3n) is 3.56. The monoisotopic (exact) mass is 267 g/mol. The number of hydrogen-bond donors (Lipinski definition) is 2. The van der Waals surface area contributed by atoms with Crippen LogP contribution >= 0.6 is 0 Å². The van der Waals surface area contributed by atoms with E-state index in [1.165, 1.54) is 0 Å². The van der Waals surface area contributed by atoms with Crippen molar-refractivity contribution in [3.63, 3.8) is 0 Å². The lowest BCUT2D eigenvalue weighted by Crippen LogP contribution is -2.39. The lowest BCUT2D eigenvalue weighted by molar-refractivity contribution is -0.153. The van der Waals surface area contributed by atoms with Crippen molar-refractivity contribution >= 4 is 11.9 Å². The van der Waals surface area contributed by atoms with Gasteiger partial charge in [0.2, 0.25) is 5.91 Å². The SMILES string of the molecule is CC(C)C(C)(CC(=O)NCCc1ccco1)C(=O)O. The van der Waals surface area contributed by atoms with E-state index in [0.717, 1.165) is 5.76 Å². The van der Waals surface area contributed by atoms with Crippen LogP contribution in [0.2, 0.25) is 0 Å². The van der Waals surface area contributed by atoms with Crippen LogP contribution in [-0.2, 0) is 16.0 Å². The van der Waals surface area contributed by atoms with Gasteiger partial charge in [-0.3, -0.25) is 9.59 Å². The molecule has 1 amide bonds. The molecule has 1 atom stereocenters. The van der Waals surface area contributed by atoms with Gasteiger partial charge < -0.3 is 14.8 Å². The molecule has 1 heterocycles. The third kappa shape index (κ3) is 4.12. The maximum atomic E-state index is 11.8. The van der Waals surface area contributed by atoms with Crippen LogP contribution in [0.1, 0.15) is 33.0 Å². The van der Waals surface area contributed by atoms with Gasteiger partial charge in [-0.05, 0) is 25.0 Å². The molecule has 5 heteroatoms. The van der Waals surface area contributed by atoms with Gasteiger partial charge >= 0.3 is 5.97 Å². The highest BCUT2D eigenvalue weighted by atomic mass is 16.4. The van der Waals surface area contributed by atoms with Crippen LogP contribution in [0, 0.1) is 11.3 Å². The summed E-state index contributed by atoms with van der Waals surface area (Å²) < 4.78 is 5.15. The van der Waals surface area contributed by atoms with Gasteiger partial charge in [0.15, 0.2) is 0 Å². The highest BCUT2D eigenvalue weighted by Gasteiger charge is 2.38. The molecule has 0 aliphatic carbocycles. The zero-order valence-corrected chi connectivity index (χ0v) is 11.6. The Morgan fingerprint density at radius 1 is 1.47 bits per heavy atom. The third-order valence-corrected chi connectivity index (χ3v) is 3.56. The fourth-order valence-electron chi connectivity index (χ4n) is 1.70. The van der Waals surface area contributed by atoms with Gasteiger partial charge in [-0.2, -0.15) is 0 Å². The molecule has 0 aliphatic rings. The molecule has 0 bridgehead atoms. The summed E-state index contributed by atoms with van der Waals surface area (Å²) in [6, 6.07) is 3.62. The fourth-order valence-corrected chi connectivity index (χ4v) is 1.70. The van der Waals surface area contributed by atoms with Gasteiger partial charge in [0.05, 0.1) is 11.7 Å². The van der Waals surface area contributed by atoms with E-state index >= 15 is 0 Å². The Kier molecular flexibility index (Phi) is 5.15. The van der Waals surface area contributed by atoms with E-state index < -0.39 is 11.4 Å². The van der Waals surface area contributed by atoms with Crippen molar-refractivity contribution < 1.29 is 19.1 Å². The van der Waals surface area contributed by atoms with E-state index in [1.54, 1.807) is 19.3 Å². The normalized spacial score (nSPS) is 14.1. The molecule has 0 saturated carbocycles. The largest absolute Gasteiger partial charge is 0.481 e. The molecule has 2 N–H and O–H groups in total. The molecule has 1 aromatic heterocycles. The second-order valence-corrected chi connectivity index (χ2v) is 5.23. The van der Waals surface area contributed by atoms with Crippen LogP contribution in [0.25, 0.3) is 0 Å². The number of rotatable bonds is 7. The molecular weight excluding hydrogens is 246 g/mol. The van der Waals surface area contributed by atoms with Crippen LogP contribution in [0.4, 0.5) is 0 Å². The Labute approximate surface area is 113 Å². The Hall–Kier alpha value is -1.78. The number of furan rings is 1. The lowest BCUT2D eigenvalue weighted by atomic mass is 9.76. The Morgan fingerprint density at radius 3 is 2.63 bits per heavy atom. The Morgan fingerprint density at radius 2 is 2.16 bits per heavy atom. The summed E-state index contributed by atoms with van der Waals surface area (Å²) in [5.74, 6) is -0.500. The van der Waals surface area contributed by atoms with E-state index in [1.807, 2.05) is 19.9 Å². The predicted octanol–water partition coefficient (Wildman–Crippen LogP) is 2.08. The van der Waals surface area contributed by atoms with E-state index in [4.69, 9.17) is 4.42 Å². The zero-order chi connectivity index (χ0) is 14.5. The maximum absolute atomic E-state index is 11.8. The maximum Gasteiger partial charge on any atom is 0.310 e. The van der Waals surface area contributed by atoms with Crippen molar-refractivity contribution in [1.29, 1.82) is 0 Å². The molecule has 1 aromatic rings. The zero-order valence-electron chi connectivity index (χ0n) is 11.6. The number of amides is 1. The second-order valence-electron chi connectivity index (χ2n) is 5.23. The number of carbonyl (C=O) groups excluding carboxylic acids is 1. The molecule has 0 saturated heterocycles. The fraction of sp³-hybridized carbons (Fsp3) is 0.571. The number of carbonyl (C=O) groups is 2. The Bertz CT molecular complexity index is 425. The van der Waals surface area contributed by atoms with E-state index in [-0.39, 0.29) is 18.2 Å². The number of nitrogens with one attached hydrogen (secondary N) is 1. The molecule has 0 aromatic carbocycles. The highest BCUT2D eigenvalue weighted by Crippen LogP contribution is 2.31. The van der Waals surface area contributed by atoms with Crippen LogP contribution in [-0.4, -0.2) is 23.5 Å². The molecule has 1 unspecified atom stereocenters. The van der Waals surface area contributed by atoms with Gasteiger partial charge in [-0.1, -0.05) is 13.8 Å². The van der Waals surface area contributed by atoms with Crippen LogP contribution in [0.15, 0.2) is 22.8 Å². The summed E-state index contributed by atoms with van der Waals surface area (Å²) in [6.07, 6.45) is 2.17. The molecule has 0 radical (unpaired) electrons. The number of hydrogen-bond acceptors (Lipinski definition) is 3. The van der Waals surface area contributed by atoms with Crippen LogP contribution in [0.3, 0.4) is 0 Å². The van der Waals surface area contributed by atoms with Gasteiger partial charge in [0, 0.05) is 19.4 Å². The van der Waals surface area contributed by atoms with Crippen LogP contribution in [0.5, 0.6) is 0 Å². The molecular formula is C14H21NO4. The molecule has 0 fully saturated rings. The lowest BCUT2D eigenvalue weighted by Gasteiger charge is -2.28. The quantitative estimate of drug-likeness (QED) is 0.792. The summed E-state index contributed by atoms with van der Waals surface area (Å²) in [5, 5.41) is 12.0. The van der Waals surface area contributed by atoms with Crippen molar-refractivity contribution in [1.82, 2.24) is 5.32 Å². The Balaban J connectivity index is 2.43. The van der Waals surface area contributed by atoms with E-state index in [2.05, 4.69) is 5.32 Å². The summed E-state index contributed by atoms with van der Waals surface area (Å²) in [5.41, 5.74) is -1.03. The second kappa shape index (κ2) is 6.41. The minimum absolute atomic E-state index is 0.0157. The van der Waals surface area contributed by atoms with E-state index in [9.17, 15) is 14.7 Å². The standard InChI is InChI=1S/C14H21NO4/c1-10(2)14(3,13(17)18)9-12(16)15-7-6-11-5-4-8-19-11/h4-5,8,10H,6-7,9H2,1-3H3,(H,15,16)(H,17,18). The first-order valence-electron chi connectivity index (χ1n) is 6.38. The number of carboxylic acid groups (broad SMARTS) is 1. The summed E-state index contributed by atoms with van der Waals surface area (Å²) in [7, 11) is 0. The molecule has 0 spiro atoms. The van der Waals surface area contributed by atoms with Crippen molar-refractivity contribution in [2.45, 2.75) is 33.6 Å². The first-order valence-corrected chi connectivity index (χ1v) is 6.38. The topological polar surface area (TPSA) is 79.5 Å². The van der Waals surface area contributed by atoms with Crippen LogP contribution < -0.4 is 5.32 Å². The minimum Gasteiger partial charge on any atom is -0.481 e. The predicted molar refractivity (Wildman–Crippen MR) is 70.6 cm³/mol. The molecule has 106 valence electrons. The van der Waals surface area contributed by atoms with Gasteiger partial charge in [0.1, 0.15) is 5.76 Å². The van der Waals surface area contributed by atoms with Gasteiger partial charge in [0.25, 0.3) is 0 Å². The van der Waals surface area contributed by atoms with Crippen molar-refractivity contribution in [2.24, 2.45) is 11.3 Å². The molecule has 1 rings (SSSR count). The minimum atomic E-state index is -1.03. The first-order chi connectivity index (χ1) is 8.86. The summed E-state index contributed by atoms with van der Waals surface area (Å²) in [4.78, 5) is 23.1. The average Bonchev–Trinajstić information content (AvgIpc) is 2.81. The van der Waals surface area contributed by atoms with Crippen molar-refractivity contribution in [2.75, 3.05) is 6.54 Å². The first kappa shape index (κ1) is 15.3. The molecule has 5 nitrogen and oxygen atoms in total. The number of aliphatic carboxylic acids is 1. The number of carboxylic acids is 1. The molecule has 0 aliphatic heterocycles. The molecule has 19 heavy (non-hydrogen) atoms. The van der Waals surface area contributed by atoms with Crippen molar-refractivity contribution in [3.05, 3.63) is 24.2 Å². The van der Waals surface area contributed by atoms with Crippen molar-refractivity contribution in [3.8, 4) is 0 Å². The summed E-state index contributed by atoms with van der Waals surface area (Å²) >= 11 is 0. The van der Waals surface area contributed by atoms with Gasteiger partial charge in [-0.25, -0.2) is 0 Å². The van der Waals surface area contributed by atoms with Gasteiger partial charge in [-0.15, -0.1) is 0 Å². The van der Waals surface area contributed by atoms with E-state index in [0.29, 0.717) is 13.0 Å². The average molecular weight is 267 g/mol. The summed E-state index contributed by atoms with van der Waals surface area (Å²) in [6.45, 7) is 5.67. The highest BCUT2D eigenvalue weighted by molar-refractivity contribution is 5.84.